The van der Waals surface area contributed by atoms with E-state index in [0.717, 1.165) is 17.1 Å². The Hall–Kier alpha value is -1.88. The number of halogens is 1. The average molecular weight is 292 g/mol. The third kappa shape index (κ3) is 4.35. The van der Waals surface area contributed by atoms with Gasteiger partial charge in [-0.25, -0.2) is 0 Å². The van der Waals surface area contributed by atoms with Gasteiger partial charge >= 0.3 is 0 Å². The summed E-state index contributed by atoms with van der Waals surface area (Å²) in [7, 11) is 0. The van der Waals surface area contributed by atoms with Crippen LogP contribution in [0.1, 0.15) is 19.4 Å². The van der Waals surface area contributed by atoms with Gasteiger partial charge in [0.15, 0.2) is 5.82 Å². The molecule has 0 amide bonds. The lowest BCUT2D eigenvalue weighted by Crippen LogP contribution is -2.12. The molecule has 1 aromatic carbocycles. The van der Waals surface area contributed by atoms with Crippen LogP contribution in [0, 0.1) is 5.92 Å². The van der Waals surface area contributed by atoms with Gasteiger partial charge in [-0.1, -0.05) is 43.6 Å². The Morgan fingerprint density at radius 1 is 1.20 bits per heavy atom. The molecule has 2 aromatic rings. The van der Waals surface area contributed by atoms with Crippen molar-refractivity contribution in [2.45, 2.75) is 20.4 Å². The van der Waals surface area contributed by atoms with E-state index in [1.807, 2.05) is 24.3 Å². The second-order valence-electron chi connectivity index (χ2n) is 4.88. The molecule has 0 saturated carbocycles. The molecule has 0 aliphatic carbocycles. The van der Waals surface area contributed by atoms with Crippen LogP contribution in [0.15, 0.2) is 30.5 Å². The molecule has 0 aliphatic rings. The predicted molar refractivity (Wildman–Crippen MR) is 81.9 cm³/mol. The number of anilines is 2. The van der Waals surface area contributed by atoms with Crippen molar-refractivity contribution in [3.63, 3.8) is 0 Å². The molecular formula is C14H18ClN5. The van der Waals surface area contributed by atoms with Crippen molar-refractivity contribution in [3.05, 3.63) is 41.0 Å². The summed E-state index contributed by atoms with van der Waals surface area (Å²) < 4.78 is 0. The Balaban J connectivity index is 1.96. The number of benzene rings is 1. The molecule has 6 heteroatoms. The molecule has 1 aromatic heterocycles. The molecule has 0 unspecified atom stereocenters. The molecule has 0 atom stereocenters. The largest absolute Gasteiger partial charge is 0.364 e. The highest BCUT2D eigenvalue weighted by molar-refractivity contribution is 6.31. The van der Waals surface area contributed by atoms with E-state index in [1.54, 1.807) is 6.20 Å². The van der Waals surface area contributed by atoms with E-state index >= 15 is 0 Å². The minimum atomic E-state index is 0.526. The number of hydrogen-bond donors (Lipinski definition) is 2. The van der Waals surface area contributed by atoms with Gasteiger partial charge < -0.3 is 10.6 Å². The molecule has 0 bridgehead atoms. The maximum atomic E-state index is 6.11. The lowest BCUT2D eigenvalue weighted by Gasteiger charge is -2.09. The first-order valence-electron chi connectivity index (χ1n) is 6.56. The van der Waals surface area contributed by atoms with E-state index in [-0.39, 0.29) is 0 Å². The van der Waals surface area contributed by atoms with Crippen LogP contribution in [0.3, 0.4) is 0 Å². The fraction of sp³-hybridized carbons (Fsp3) is 0.357. The Morgan fingerprint density at radius 3 is 2.75 bits per heavy atom. The van der Waals surface area contributed by atoms with E-state index in [9.17, 15) is 0 Å². The van der Waals surface area contributed by atoms with Crippen LogP contribution in [-0.4, -0.2) is 21.7 Å². The lowest BCUT2D eigenvalue weighted by molar-refractivity contribution is 0.682. The van der Waals surface area contributed by atoms with Crippen molar-refractivity contribution in [2.24, 2.45) is 5.92 Å². The standard InChI is InChI=1S/C14H18ClN5/c1-10(2)7-17-14-19-13(9-18-20-14)16-8-11-5-3-4-6-12(11)15/h3-6,9-10H,7-8H2,1-2H3,(H2,16,17,19,20). The van der Waals surface area contributed by atoms with Crippen LogP contribution in [-0.2, 0) is 6.54 Å². The van der Waals surface area contributed by atoms with Crippen molar-refractivity contribution in [1.82, 2.24) is 15.2 Å². The van der Waals surface area contributed by atoms with Crippen LogP contribution < -0.4 is 10.6 Å². The van der Waals surface area contributed by atoms with E-state index in [4.69, 9.17) is 11.6 Å². The maximum absolute atomic E-state index is 6.11. The molecule has 2 N–H and O–H groups in total. The predicted octanol–water partition coefficient (Wildman–Crippen LogP) is 3.21. The van der Waals surface area contributed by atoms with Gasteiger partial charge in [-0.05, 0) is 17.5 Å². The third-order valence-corrected chi connectivity index (χ3v) is 3.01. The first kappa shape index (κ1) is 14.5. The smallest absolute Gasteiger partial charge is 0.244 e. The minimum absolute atomic E-state index is 0.526. The third-order valence-electron chi connectivity index (χ3n) is 2.65. The molecule has 0 fully saturated rings. The first-order valence-corrected chi connectivity index (χ1v) is 6.94. The van der Waals surface area contributed by atoms with Gasteiger partial charge in [0.25, 0.3) is 0 Å². The zero-order chi connectivity index (χ0) is 14.4. The van der Waals surface area contributed by atoms with Crippen LogP contribution in [0.5, 0.6) is 0 Å². The molecule has 106 valence electrons. The highest BCUT2D eigenvalue weighted by atomic mass is 35.5. The van der Waals surface area contributed by atoms with Crippen LogP contribution in [0.25, 0.3) is 0 Å². The zero-order valence-electron chi connectivity index (χ0n) is 11.6. The summed E-state index contributed by atoms with van der Waals surface area (Å²) in [5, 5.41) is 14.9. The Morgan fingerprint density at radius 2 is 2.00 bits per heavy atom. The summed E-state index contributed by atoms with van der Waals surface area (Å²) in [5.74, 6) is 1.73. The number of hydrogen-bond acceptors (Lipinski definition) is 5. The Kier molecular flexibility index (Phi) is 5.12. The van der Waals surface area contributed by atoms with Crippen LogP contribution >= 0.6 is 11.6 Å². The highest BCUT2D eigenvalue weighted by Gasteiger charge is 2.03. The summed E-state index contributed by atoms with van der Waals surface area (Å²) in [6.45, 7) is 5.66. The fourth-order valence-electron chi connectivity index (χ4n) is 1.59. The fourth-order valence-corrected chi connectivity index (χ4v) is 1.79. The summed E-state index contributed by atoms with van der Waals surface area (Å²) in [6, 6.07) is 7.71. The van der Waals surface area contributed by atoms with Gasteiger partial charge in [-0.2, -0.15) is 10.1 Å². The zero-order valence-corrected chi connectivity index (χ0v) is 12.4. The Bertz CT molecular complexity index is 559. The number of nitrogens with zero attached hydrogens (tertiary/aromatic N) is 3. The lowest BCUT2D eigenvalue weighted by atomic mass is 10.2. The van der Waals surface area contributed by atoms with Crippen molar-refractivity contribution in [2.75, 3.05) is 17.2 Å². The van der Waals surface area contributed by atoms with E-state index in [0.29, 0.717) is 24.2 Å². The normalized spacial score (nSPS) is 10.6. The number of rotatable bonds is 6. The second kappa shape index (κ2) is 7.05. The second-order valence-corrected chi connectivity index (χ2v) is 5.29. The average Bonchev–Trinajstić information content (AvgIpc) is 2.45. The molecular weight excluding hydrogens is 274 g/mol. The maximum Gasteiger partial charge on any atom is 0.244 e. The van der Waals surface area contributed by atoms with Gasteiger partial charge in [-0.15, -0.1) is 5.10 Å². The molecule has 0 saturated heterocycles. The van der Waals surface area contributed by atoms with Gasteiger partial charge in [0.2, 0.25) is 5.95 Å². The number of nitrogens with one attached hydrogen (secondary N) is 2. The van der Waals surface area contributed by atoms with Gasteiger partial charge in [0.1, 0.15) is 0 Å². The van der Waals surface area contributed by atoms with Crippen LogP contribution in [0.4, 0.5) is 11.8 Å². The topological polar surface area (TPSA) is 62.7 Å². The van der Waals surface area contributed by atoms with Gasteiger partial charge in [0, 0.05) is 18.1 Å². The number of aromatic nitrogens is 3. The summed E-state index contributed by atoms with van der Waals surface area (Å²) in [4.78, 5) is 4.35. The molecule has 0 radical (unpaired) electrons. The SMILES string of the molecule is CC(C)CNc1nncc(NCc2ccccc2Cl)n1. The monoisotopic (exact) mass is 291 g/mol. The van der Waals surface area contributed by atoms with E-state index in [1.165, 1.54) is 0 Å². The summed E-state index contributed by atoms with van der Waals surface area (Å²) in [6.07, 6.45) is 1.59. The van der Waals surface area contributed by atoms with Crippen LogP contribution in [0.2, 0.25) is 5.02 Å². The van der Waals surface area contributed by atoms with Gasteiger partial charge in [-0.3, -0.25) is 0 Å². The first-order chi connectivity index (χ1) is 9.65. The van der Waals surface area contributed by atoms with Crippen molar-refractivity contribution < 1.29 is 0 Å². The molecule has 20 heavy (non-hydrogen) atoms. The molecule has 1 heterocycles. The minimum Gasteiger partial charge on any atom is -0.364 e. The molecule has 2 rings (SSSR count). The van der Waals surface area contributed by atoms with Crippen molar-refractivity contribution in [3.8, 4) is 0 Å². The highest BCUT2D eigenvalue weighted by Crippen LogP contribution is 2.16. The van der Waals surface area contributed by atoms with Crippen molar-refractivity contribution >= 4 is 23.4 Å². The van der Waals surface area contributed by atoms with E-state index in [2.05, 4.69) is 39.7 Å². The van der Waals surface area contributed by atoms with Crippen molar-refractivity contribution in [1.29, 1.82) is 0 Å². The van der Waals surface area contributed by atoms with E-state index < -0.39 is 0 Å². The Labute approximate surface area is 123 Å². The quantitative estimate of drug-likeness (QED) is 0.856. The summed E-state index contributed by atoms with van der Waals surface area (Å²) >= 11 is 6.11. The van der Waals surface area contributed by atoms with Gasteiger partial charge in [0.05, 0.1) is 6.20 Å². The molecule has 0 aliphatic heterocycles. The molecule has 5 nitrogen and oxygen atoms in total. The molecule has 0 spiro atoms. The summed E-state index contributed by atoms with van der Waals surface area (Å²) in [5.41, 5.74) is 1.02.